The van der Waals surface area contributed by atoms with Crippen molar-refractivity contribution in [2.24, 2.45) is 0 Å². The van der Waals surface area contributed by atoms with Crippen LogP contribution in [0, 0.1) is 0 Å². The predicted molar refractivity (Wildman–Crippen MR) is 182 cm³/mol. The summed E-state index contributed by atoms with van der Waals surface area (Å²) in [5.41, 5.74) is -1.38. The van der Waals surface area contributed by atoms with Crippen LogP contribution in [0.5, 0.6) is 0 Å². The highest BCUT2D eigenvalue weighted by Gasteiger charge is 2.43. The highest BCUT2D eigenvalue weighted by Crippen LogP contribution is 2.38. The van der Waals surface area contributed by atoms with Crippen molar-refractivity contribution in [2.75, 3.05) is 32.4 Å². The maximum absolute atomic E-state index is 14.5. The van der Waals surface area contributed by atoms with Crippen molar-refractivity contribution in [1.82, 2.24) is 20.1 Å². The number of nitrogens with one attached hydrogen (secondary N) is 1. The molecule has 1 aromatic heterocycles. The number of benzene rings is 3. The fraction of sp³-hybridized carbons (Fsp3) is 0.405. The molecule has 0 saturated carbocycles. The highest BCUT2D eigenvalue weighted by atomic mass is 32.2. The average Bonchev–Trinajstić information content (AvgIpc) is 3.10. The van der Waals surface area contributed by atoms with Crippen LogP contribution in [0.3, 0.4) is 0 Å². The van der Waals surface area contributed by atoms with Crippen LogP contribution in [0.2, 0.25) is 0 Å². The molecule has 1 N–H and O–H groups in total. The van der Waals surface area contributed by atoms with E-state index in [1.165, 1.54) is 61.0 Å². The van der Waals surface area contributed by atoms with E-state index in [1.54, 1.807) is 6.07 Å². The van der Waals surface area contributed by atoms with Crippen molar-refractivity contribution in [3.05, 3.63) is 95.1 Å². The number of amides is 1. The van der Waals surface area contributed by atoms with Gasteiger partial charge in [-0.3, -0.25) is 9.69 Å². The van der Waals surface area contributed by atoms with E-state index in [1.807, 2.05) is 4.90 Å². The van der Waals surface area contributed by atoms with Crippen molar-refractivity contribution in [1.29, 1.82) is 0 Å². The fourth-order valence-corrected chi connectivity index (χ4v) is 7.80. The molecule has 0 radical (unpaired) electrons. The minimum Gasteiger partial charge on any atom is -0.337 e. The molecule has 14 heteroatoms. The lowest BCUT2D eigenvalue weighted by Crippen LogP contribution is -2.46. The number of aromatic nitrogens is 1. The van der Waals surface area contributed by atoms with Gasteiger partial charge in [0.05, 0.1) is 27.2 Å². The van der Waals surface area contributed by atoms with E-state index in [9.17, 15) is 39.6 Å². The smallest absolute Gasteiger partial charge is 0.337 e. The maximum atomic E-state index is 14.5. The lowest BCUT2D eigenvalue weighted by molar-refractivity contribution is -0.155. The van der Waals surface area contributed by atoms with Crippen LogP contribution >= 0.6 is 0 Å². The number of carbonyl (C=O) groups excluding carboxylic acids is 1. The van der Waals surface area contributed by atoms with Gasteiger partial charge in [-0.25, -0.2) is 13.4 Å². The summed E-state index contributed by atoms with van der Waals surface area (Å²) in [5, 5.41) is 2.23. The van der Waals surface area contributed by atoms with Gasteiger partial charge in [-0.15, -0.1) is 0 Å². The minimum atomic E-state index is -4.90. The number of nitrogens with zero attached hydrogens (tertiary/aromatic N) is 3. The molecule has 0 spiro atoms. The molecular weight excluding hydrogens is 694 g/mol. The summed E-state index contributed by atoms with van der Waals surface area (Å²) in [6.45, 7) is 3.22. The first-order chi connectivity index (χ1) is 24.1. The molecule has 7 nitrogen and oxygen atoms in total. The molecule has 0 unspecified atom stereocenters. The second-order valence-corrected chi connectivity index (χ2v) is 15.3. The Bertz CT molecular complexity index is 1990. The van der Waals surface area contributed by atoms with Gasteiger partial charge >= 0.3 is 12.4 Å². The number of fused-ring (bicyclic) bond motifs is 1. The predicted octanol–water partition coefficient (Wildman–Crippen LogP) is 7.81. The van der Waals surface area contributed by atoms with Gasteiger partial charge in [0.15, 0.2) is 15.9 Å². The van der Waals surface area contributed by atoms with Gasteiger partial charge < -0.3 is 10.2 Å². The molecular formula is C37H38F6N4O3S. The molecule has 2 fully saturated rings. The summed E-state index contributed by atoms with van der Waals surface area (Å²) < 4.78 is 110. The van der Waals surface area contributed by atoms with Gasteiger partial charge in [0.25, 0.3) is 5.91 Å². The molecule has 1 atom stereocenters. The van der Waals surface area contributed by atoms with Gasteiger partial charge in [-0.05, 0) is 81.7 Å². The van der Waals surface area contributed by atoms with E-state index in [4.69, 9.17) is 0 Å². The first-order valence-electron chi connectivity index (χ1n) is 16.8. The second-order valence-electron chi connectivity index (χ2n) is 13.3. The first-order valence-corrected chi connectivity index (χ1v) is 18.7. The van der Waals surface area contributed by atoms with E-state index >= 15 is 0 Å². The number of likely N-dealkylation sites (tertiary alicyclic amines) is 2. The van der Waals surface area contributed by atoms with Gasteiger partial charge in [0, 0.05) is 35.4 Å². The Kier molecular flexibility index (Phi) is 10.5. The maximum Gasteiger partial charge on any atom is 0.416 e. The number of sulfone groups is 1. The average molecular weight is 733 g/mol. The van der Waals surface area contributed by atoms with Gasteiger partial charge in [0.2, 0.25) is 0 Å². The molecule has 4 aromatic rings. The third kappa shape index (κ3) is 8.39. The van der Waals surface area contributed by atoms with Crippen molar-refractivity contribution < 1.29 is 39.6 Å². The number of rotatable bonds is 8. The number of pyridine rings is 1. The van der Waals surface area contributed by atoms with Crippen molar-refractivity contribution in [3.8, 4) is 11.3 Å². The van der Waals surface area contributed by atoms with Crippen LogP contribution in [0.4, 0.5) is 26.3 Å². The zero-order valence-electron chi connectivity index (χ0n) is 27.9. The number of carbonyl (C=O) groups is 1. The van der Waals surface area contributed by atoms with Crippen LogP contribution in [0.1, 0.15) is 65.2 Å². The van der Waals surface area contributed by atoms with Crippen LogP contribution in [-0.2, 0) is 22.6 Å². The monoisotopic (exact) mass is 732 g/mol. The SMILES string of the molecule is CS(=O)(=O)c1ccc2c(C(=O)N[C@H](c3ccccc3)C(F)(F)F)c(CN3CCC(N4CCCCC4)CC3)c(-c3cccc(C(F)(F)F)c3)nc2c1. The molecule has 2 saturated heterocycles. The Morgan fingerprint density at radius 2 is 1.57 bits per heavy atom. The number of halogens is 6. The first kappa shape index (κ1) is 36.8. The van der Waals surface area contributed by atoms with E-state index in [-0.39, 0.29) is 50.3 Å². The van der Waals surface area contributed by atoms with Crippen LogP contribution in [0.15, 0.2) is 77.7 Å². The molecule has 0 bridgehead atoms. The van der Waals surface area contributed by atoms with Crippen molar-refractivity contribution in [3.63, 3.8) is 0 Å². The number of hydrogen-bond acceptors (Lipinski definition) is 6. The Hall–Kier alpha value is -4.01. The van der Waals surface area contributed by atoms with Gasteiger partial charge in [-0.1, -0.05) is 55.0 Å². The Labute approximate surface area is 292 Å². The van der Waals surface area contributed by atoms with E-state index in [0.717, 1.165) is 57.2 Å². The topological polar surface area (TPSA) is 82.6 Å². The lowest BCUT2D eigenvalue weighted by Gasteiger charge is -2.40. The summed E-state index contributed by atoms with van der Waals surface area (Å²) in [5.74, 6) is -1.12. The summed E-state index contributed by atoms with van der Waals surface area (Å²) in [7, 11) is -3.80. The summed E-state index contributed by atoms with van der Waals surface area (Å²) in [4.78, 5) is 23.3. The fourth-order valence-electron chi connectivity index (χ4n) is 7.16. The van der Waals surface area contributed by atoms with Gasteiger partial charge in [0.1, 0.15) is 0 Å². The van der Waals surface area contributed by atoms with Crippen LogP contribution in [-0.4, -0.2) is 73.8 Å². The van der Waals surface area contributed by atoms with Gasteiger partial charge in [-0.2, -0.15) is 26.3 Å². The molecule has 2 aliphatic rings. The summed E-state index contributed by atoms with van der Waals surface area (Å²) >= 11 is 0. The normalized spacial score (nSPS) is 17.8. The Morgan fingerprint density at radius 1 is 0.882 bits per heavy atom. The Balaban J connectivity index is 1.51. The van der Waals surface area contributed by atoms with E-state index < -0.39 is 39.7 Å². The third-order valence-corrected chi connectivity index (χ3v) is 10.9. The van der Waals surface area contributed by atoms with Crippen LogP contribution < -0.4 is 5.32 Å². The third-order valence-electron chi connectivity index (χ3n) is 9.76. The lowest BCUT2D eigenvalue weighted by atomic mass is 9.93. The van der Waals surface area contributed by atoms with E-state index in [2.05, 4.69) is 15.2 Å². The Morgan fingerprint density at radius 3 is 2.20 bits per heavy atom. The largest absolute Gasteiger partial charge is 0.416 e. The zero-order valence-corrected chi connectivity index (χ0v) is 28.7. The minimum absolute atomic E-state index is 0.0137. The van der Waals surface area contributed by atoms with E-state index in [0.29, 0.717) is 19.1 Å². The number of hydrogen-bond donors (Lipinski definition) is 1. The molecule has 1 amide bonds. The molecule has 0 aliphatic carbocycles. The molecule has 51 heavy (non-hydrogen) atoms. The molecule has 272 valence electrons. The molecule has 6 rings (SSSR count). The standard InChI is InChI=1S/C37H38F6N4O3S/c1-51(49,50)28-13-14-29-31(22-28)44-33(25-11-8-12-26(21-25)36(38,39)40)30(23-46-19-15-27(16-20-46)47-17-6-3-7-18-47)32(29)35(48)45-34(37(41,42)43)24-9-4-2-5-10-24/h2,4-5,8-14,21-22,27,34H,3,6-7,15-20,23H2,1H3,(H,45,48)/t34-/m1/s1. The summed E-state index contributed by atoms with van der Waals surface area (Å²) in [6, 6.07) is 12.9. The van der Waals surface area contributed by atoms with Crippen LogP contribution in [0.25, 0.3) is 22.2 Å². The number of piperidine rings is 2. The van der Waals surface area contributed by atoms with Crippen molar-refractivity contribution >= 4 is 26.6 Å². The number of alkyl halides is 6. The van der Waals surface area contributed by atoms with Crippen molar-refractivity contribution in [2.45, 2.75) is 68.0 Å². The molecule has 3 heterocycles. The molecule has 2 aliphatic heterocycles. The second kappa shape index (κ2) is 14.5. The molecule has 3 aromatic carbocycles. The quantitative estimate of drug-likeness (QED) is 0.186. The summed E-state index contributed by atoms with van der Waals surface area (Å²) in [6.07, 6.45) is -3.59. The zero-order chi connectivity index (χ0) is 36.6. The highest BCUT2D eigenvalue weighted by molar-refractivity contribution is 7.90.